The lowest BCUT2D eigenvalue weighted by Gasteiger charge is -2.33. The first-order valence-electron chi connectivity index (χ1n) is 6.36. The van der Waals surface area contributed by atoms with Crippen LogP contribution in [-0.4, -0.2) is 37.7 Å². The van der Waals surface area contributed by atoms with E-state index in [1.165, 1.54) is 12.1 Å². The number of aliphatic carboxylic acids is 1. The average Bonchev–Trinajstić information content (AvgIpc) is 2.31. The van der Waals surface area contributed by atoms with Crippen LogP contribution in [0.1, 0.15) is 23.2 Å². The van der Waals surface area contributed by atoms with Crippen molar-refractivity contribution in [3.8, 4) is 0 Å². The fourth-order valence-corrected chi connectivity index (χ4v) is 2.61. The summed E-state index contributed by atoms with van der Waals surface area (Å²) in [5.41, 5.74) is 0.879. The third kappa shape index (κ3) is 4.19. The average molecular weight is 312 g/mol. The highest BCUT2D eigenvalue weighted by molar-refractivity contribution is 7.89. The van der Waals surface area contributed by atoms with E-state index in [1.807, 2.05) is 4.72 Å². The Hall–Kier alpha value is -2.09. The summed E-state index contributed by atoms with van der Waals surface area (Å²) in [6.45, 7) is 0. The van der Waals surface area contributed by atoms with Gasteiger partial charge in [0, 0.05) is 17.3 Å². The van der Waals surface area contributed by atoms with Gasteiger partial charge < -0.3 is 10.4 Å². The zero-order chi connectivity index (χ0) is 15.6. The largest absolute Gasteiger partial charge is 0.481 e. The van der Waals surface area contributed by atoms with E-state index in [4.69, 9.17) is 5.11 Å². The number of rotatable bonds is 5. The van der Waals surface area contributed by atoms with Crippen LogP contribution in [-0.2, 0) is 14.8 Å². The number of hydrogen-bond donors (Lipinski definition) is 3. The molecule has 3 N–H and O–H groups in total. The van der Waals surface area contributed by atoms with Crippen LogP contribution < -0.4 is 10.0 Å². The standard InChI is InChI=1S/C13H16N2O5S/c1-21(19,20)15-12(16)8-3-2-4-10(5-8)14-11-6-9(7-11)13(17)18/h2-5,9,11,14H,6-7H2,1H3,(H,15,16)(H,17,18). The molecule has 1 aliphatic carbocycles. The predicted molar refractivity (Wildman–Crippen MR) is 76.5 cm³/mol. The second-order valence-corrected chi connectivity index (χ2v) is 6.88. The number of hydrogen-bond acceptors (Lipinski definition) is 5. The number of benzene rings is 1. The van der Waals surface area contributed by atoms with Crippen molar-refractivity contribution in [3.63, 3.8) is 0 Å². The molecule has 0 aliphatic heterocycles. The number of carboxylic acids is 1. The van der Waals surface area contributed by atoms with E-state index < -0.39 is 21.9 Å². The van der Waals surface area contributed by atoms with Crippen molar-refractivity contribution in [2.75, 3.05) is 11.6 Å². The van der Waals surface area contributed by atoms with Gasteiger partial charge in [-0.2, -0.15) is 0 Å². The minimum absolute atomic E-state index is 0.0549. The van der Waals surface area contributed by atoms with E-state index in [9.17, 15) is 18.0 Å². The van der Waals surface area contributed by atoms with Gasteiger partial charge in [-0.25, -0.2) is 13.1 Å². The maximum absolute atomic E-state index is 11.7. The quantitative estimate of drug-likeness (QED) is 0.736. The van der Waals surface area contributed by atoms with E-state index in [1.54, 1.807) is 12.1 Å². The highest BCUT2D eigenvalue weighted by atomic mass is 32.2. The molecule has 8 heteroatoms. The van der Waals surface area contributed by atoms with Crippen LogP contribution in [0.25, 0.3) is 0 Å². The SMILES string of the molecule is CS(=O)(=O)NC(=O)c1cccc(NC2CC(C(=O)O)C2)c1. The van der Waals surface area contributed by atoms with E-state index in [0.29, 0.717) is 18.5 Å². The second kappa shape index (κ2) is 5.72. The number of carbonyl (C=O) groups is 2. The van der Waals surface area contributed by atoms with Gasteiger partial charge in [-0.15, -0.1) is 0 Å². The summed E-state index contributed by atoms with van der Waals surface area (Å²) in [5.74, 6) is -1.81. The Labute approximate surface area is 122 Å². The fraction of sp³-hybridized carbons (Fsp3) is 0.385. The Morgan fingerprint density at radius 3 is 2.52 bits per heavy atom. The molecule has 1 aromatic carbocycles. The van der Waals surface area contributed by atoms with Gasteiger partial charge in [-0.1, -0.05) is 6.07 Å². The van der Waals surface area contributed by atoms with Gasteiger partial charge in [0.2, 0.25) is 10.0 Å². The van der Waals surface area contributed by atoms with Crippen LogP contribution in [0, 0.1) is 5.92 Å². The van der Waals surface area contributed by atoms with E-state index in [-0.39, 0.29) is 17.5 Å². The molecule has 1 aromatic rings. The summed E-state index contributed by atoms with van der Waals surface area (Å²) in [5, 5.41) is 11.9. The third-order valence-corrected chi connectivity index (χ3v) is 3.82. The molecule has 1 aliphatic rings. The predicted octanol–water partition coefficient (Wildman–Crippen LogP) is 0.651. The van der Waals surface area contributed by atoms with Crippen LogP contribution >= 0.6 is 0 Å². The lowest BCUT2D eigenvalue weighted by molar-refractivity contribution is -0.144. The zero-order valence-corrected chi connectivity index (χ0v) is 12.2. The van der Waals surface area contributed by atoms with E-state index in [0.717, 1.165) is 6.26 Å². The molecule has 21 heavy (non-hydrogen) atoms. The van der Waals surface area contributed by atoms with Crippen LogP contribution in [0.4, 0.5) is 5.69 Å². The molecule has 0 unspecified atom stereocenters. The summed E-state index contributed by atoms with van der Waals surface area (Å²) in [4.78, 5) is 22.4. The monoisotopic (exact) mass is 312 g/mol. The normalized spacial score (nSPS) is 21.2. The Kier molecular flexibility index (Phi) is 4.17. The van der Waals surface area contributed by atoms with Crippen molar-refractivity contribution in [1.29, 1.82) is 0 Å². The highest BCUT2D eigenvalue weighted by Gasteiger charge is 2.34. The molecule has 0 saturated heterocycles. The lowest BCUT2D eigenvalue weighted by atomic mass is 9.80. The first-order chi connectivity index (χ1) is 9.74. The Morgan fingerprint density at radius 1 is 1.29 bits per heavy atom. The molecule has 0 aromatic heterocycles. The number of anilines is 1. The summed E-state index contributed by atoms with van der Waals surface area (Å²) in [6.07, 6.45) is 1.98. The second-order valence-electron chi connectivity index (χ2n) is 5.13. The summed E-state index contributed by atoms with van der Waals surface area (Å²) >= 11 is 0. The van der Waals surface area contributed by atoms with Crippen molar-refractivity contribution in [2.24, 2.45) is 5.92 Å². The van der Waals surface area contributed by atoms with Crippen molar-refractivity contribution < 1.29 is 23.1 Å². The first kappa shape index (κ1) is 15.3. The molecule has 0 spiro atoms. The number of carboxylic acid groups (broad SMARTS) is 1. The Morgan fingerprint density at radius 2 is 1.95 bits per heavy atom. The molecule has 7 nitrogen and oxygen atoms in total. The molecule has 0 bridgehead atoms. The smallest absolute Gasteiger partial charge is 0.306 e. The molecule has 114 valence electrons. The van der Waals surface area contributed by atoms with Crippen LogP contribution in [0.15, 0.2) is 24.3 Å². The number of carbonyl (C=O) groups excluding carboxylic acids is 1. The van der Waals surface area contributed by atoms with Gasteiger partial charge in [-0.3, -0.25) is 9.59 Å². The molecule has 0 atom stereocenters. The summed E-state index contributed by atoms with van der Waals surface area (Å²) in [6, 6.07) is 6.47. The van der Waals surface area contributed by atoms with Crippen molar-refractivity contribution in [2.45, 2.75) is 18.9 Å². The Balaban J connectivity index is 1.99. The summed E-state index contributed by atoms with van der Waals surface area (Å²) < 4.78 is 24.0. The number of sulfonamides is 1. The van der Waals surface area contributed by atoms with Crippen LogP contribution in [0.3, 0.4) is 0 Å². The molecular formula is C13H16N2O5S. The van der Waals surface area contributed by atoms with Crippen molar-refractivity contribution >= 4 is 27.6 Å². The highest BCUT2D eigenvalue weighted by Crippen LogP contribution is 2.30. The van der Waals surface area contributed by atoms with Crippen LogP contribution in [0.5, 0.6) is 0 Å². The number of nitrogens with one attached hydrogen (secondary N) is 2. The zero-order valence-electron chi connectivity index (χ0n) is 11.4. The third-order valence-electron chi connectivity index (χ3n) is 3.26. The maximum Gasteiger partial charge on any atom is 0.306 e. The molecular weight excluding hydrogens is 296 g/mol. The van der Waals surface area contributed by atoms with Crippen molar-refractivity contribution in [3.05, 3.63) is 29.8 Å². The molecule has 1 amide bonds. The van der Waals surface area contributed by atoms with Gasteiger partial charge in [0.25, 0.3) is 5.91 Å². The van der Waals surface area contributed by atoms with Gasteiger partial charge in [0.15, 0.2) is 0 Å². The minimum Gasteiger partial charge on any atom is -0.481 e. The minimum atomic E-state index is -3.60. The van der Waals surface area contributed by atoms with Gasteiger partial charge in [0.05, 0.1) is 12.2 Å². The summed E-state index contributed by atoms with van der Waals surface area (Å²) in [7, 11) is -3.60. The molecule has 0 radical (unpaired) electrons. The van der Waals surface area contributed by atoms with Gasteiger partial charge in [-0.05, 0) is 31.0 Å². The van der Waals surface area contributed by atoms with E-state index in [2.05, 4.69) is 5.32 Å². The van der Waals surface area contributed by atoms with Crippen LogP contribution in [0.2, 0.25) is 0 Å². The Bertz CT molecular complexity index is 665. The molecule has 1 fully saturated rings. The molecule has 2 rings (SSSR count). The van der Waals surface area contributed by atoms with Crippen molar-refractivity contribution in [1.82, 2.24) is 4.72 Å². The van der Waals surface area contributed by atoms with Gasteiger partial charge >= 0.3 is 5.97 Å². The fourth-order valence-electron chi connectivity index (χ4n) is 2.15. The van der Waals surface area contributed by atoms with E-state index >= 15 is 0 Å². The topological polar surface area (TPSA) is 113 Å². The molecule has 0 heterocycles. The molecule has 1 saturated carbocycles. The number of amides is 1. The maximum atomic E-state index is 11.7. The van der Waals surface area contributed by atoms with Gasteiger partial charge in [0.1, 0.15) is 0 Å². The lowest BCUT2D eigenvalue weighted by Crippen LogP contribution is -2.39. The first-order valence-corrected chi connectivity index (χ1v) is 8.25.